The lowest BCUT2D eigenvalue weighted by Crippen LogP contribution is -2.55. The van der Waals surface area contributed by atoms with Crippen molar-refractivity contribution in [3.8, 4) is 11.1 Å². The first-order valence-corrected chi connectivity index (χ1v) is 17.6. The van der Waals surface area contributed by atoms with Crippen molar-refractivity contribution in [2.24, 2.45) is 16.5 Å². The number of guanidine groups is 1. The number of carboxylic acid groups (broad SMARTS) is 1. The van der Waals surface area contributed by atoms with Gasteiger partial charge in [-0.3, -0.25) is 19.4 Å². The molecule has 1 aliphatic rings. The lowest BCUT2D eigenvalue weighted by atomic mass is 9.98. The van der Waals surface area contributed by atoms with Gasteiger partial charge in [-0.05, 0) is 35.1 Å². The first kappa shape index (κ1) is 37.1. The van der Waals surface area contributed by atoms with Gasteiger partial charge in [-0.25, -0.2) is 18.2 Å². The maximum atomic E-state index is 13.7. The maximum Gasteiger partial charge on any atom is 0.407 e. The number of aromatic amines is 1. The molecule has 2 aromatic carbocycles. The number of H-pyrrole nitrogens is 1. The zero-order valence-corrected chi connectivity index (χ0v) is 28.1. The van der Waals surface area contributed by atoms with Gasteiger partial charge in [0.25, 0.3) is 0 Å². The van der Waals surface area contributed by atoms with E-state index in [-0.39, 0.29) is 44.3 Å². The minimum Gasteiger partial charge on any atom is -0.481 e. The lowest BCUT2D eigenvalue weighted by Gasteiger charge is -2.24. The van der Waals surface area contributed by atoms with E-state index < -0.39 is 58.3 Å². The highest BCUT2D eigenvalue weighted by atomic mass is 32.2. The van der Waals surface area contributed by atoms with Crippen molar-refractivity contribution in [2.75, 3.05) is 19.4 Å². The molecular weight excluding hydrogens is 668 g/mol. The fourth-order valence-corrected chi connectivity index (χ4v) is 6.00. The number of aliphatic imine (C=N–C) groups is 1. The number of nitrogens with two attached hydrogens (primary N) is 2. The van der Waals surface area contributed by atoms with Crippen LogP contribution in [0.4, 0.5) is 4.79 Å². The number of benzene rings is 2. The van der Waals surface area contributed by atoms with Crippen LogP contribution in [0.15, 0.2) is 77.5 Å². The molecule has 1 aliphatic carbocycles. The van der Waals surface area contributed by atoms with Crippen LogP contribution in [0.3, 0.4) is 0 Å². The Morgan fingerprint density at radius 3 is 2.22 bits per heavy atom. The lowest BCUT2D eigenvalue weighted by molar-refractivity contribution is -0.137. The van der Waals surface area contributed by atoms with Crippen molar-refractivity contribution in [1.82, 2.24) is 25.9 Å². The van der Waals surface area contributed by atoms with Crippen LogP contribution in [0, 0.1) is 0 Å². The molecule has 1 aromatic heterocycles. The van der Waals surface area contributed by atoms with E-state index in [2.05, 4.69) is 30.9 Å². The number of aliphatic carboxylic acids is 1. The van der Waals surface area contributed by atoms with E-state index in [1.807, 2.05) is 48.5 Å². The number of aromatic nitrogens is 2. The number of amides is 3. The normalized spacial score (nSPS) is 14.1. The number of rotatable bonds is 17. The largest absolute Gasteiger partial charge is 0.481 e. The molecule has 3 atom stereocenters. The molecule has 0 unspecified atom stereocenters. The van der Waals surface area contributed by atoms with Crippen molar-refractivity contribution < 1.29 is 37.4 Å². The fraction of sp³-hybridized carbons (Fsp3) is 0.333. The quantitative estimate of drug-likeness (QED) is 0.0589. The molecule has 0 radical (unpaired) electrons. The zero-order chi connectivity index (χ0) is 36.3. The average molecular weight is 709 g/mol. The number of alkyl carbamates (subject to hydrolysis) is 1. The molecule has 0 saturated carbocycles. The van der Waals surface area contributed by atoms with Crippen molar-refractivity contribution in [2.45, 2.75) is 49.7 Å². The van der Waals surface area contributed by atoms with Gasteiger partial charge >= 0.3 is 12.1 Å². The molecule has 1 heterocycles. The fourth-order valence-electron chi connectivity index (χ4n) is 5.53. The van der Waals surface area contributed by atoms with Crippen LogP contribution in [0.2, 0.25) is 0 Å². The molecule has 3 amide bonds. The van der Waals surface area contributed by atoms with Gasteiger partial charge < -0.3 is 42.2 Å². The summed E-state index contributed by atoms with van der Waals surface area (Å²) < 4.78 is 29.0. The van der Waals surface area contributed by atoms with Gasteiger partial charge in [0, 0.05) is 42.4 Å². The number of hydrogen-bond donors (Lipinski definition) is 7. The molecule has 3 aromatic rings. The molecule has 4 rings (SSSR count). The Hall–Kier alpha value is -5.71. The number of fused-ring (bicyclic) bond motifs is 3. The van der Waals surface area contributed by atoms with Gasteiger partial charge in [0.1, 0.15) is 18.7 Å². The Balaban J connectivity index is 1.49. The van der Waals surface area contributed by atoms with Gasteiger partial charge in [0.2, 0.25) is 11.8 Å². The van der Waals surface area contributed by atoms with Crippen LogP contribution in [0.1, 0.15) is 42.0 Å². The second-order valence-corrected chi connectivity index (χ2v) is 13.6. The number of carboxylic acids is 1. The van der Waals surface area contributed by atoms with Crippen molar-refractivity contribution >= 4 is 39.7 Å². The Kier molecular flexibility index (Phi) is 12.7. The van der Waals surface area contributed by atoms with E-state index in [0.29, 0.717) is 5.69 Å². The third-order valence-corrected chi connectivity index (χ3v) is 8.44. The zero-order valence-electron chi connectivity index (χ0n) is 27.2. The predicted molar refractivity (Wildman–Crippen MR) is 184 cm³/mol. The Morgan fingerprint density at radius 2 is 1.64 bits per heavy atom. The Morgan fingerprint density at radius 1 is 1.00 bits per heavy atom. The number of carbonyl (C=O) groups is 4. The third kappa shape index (κ3) is 10.9. The highest BCUT2D eigenvalue weighted by Gasteiger charge is 2.31. The monoisotopic (exact) mass is 708 g/mol. The van der Waals surface area contributed by atoms with E-state index in [1.54, 1.807) is 0 Å². The van der Waals surface area contributed by atoms with E-state index in [0.717, 1.165) is 40.0 Å². The van der Waals surface area contributed by atoms with Crippen molar-refractivity contribution in [1.29, 1.82) is 0 Å². The molecule has 0 aliphatic heterocycles. The molecule has 9 N–H and O–H groups in total. The number of nitrogens with one attached hydrogen (secondary N) is 4. The summed E-state index contributed by atoms with van der Waals surface area (Å²) in [7, 11) is -3.63. The van der Waals surface area contributed by atoms with Crippen molar-refractivity contribution in [3.05, 3.63) is 89.4 Å². The summed E-state index contributed by atoms with van der Waals surface area (Å²) in [5, 5.41) is 17.8. The highest BCUT2D eigenvalue weighted by Crippen LogP contribution is 2.44. The first-order valence-electron chi connectivity index (χ1n) is 15.7. The molecule has 17 heteroatoms. The SMILES string of the molecule is CS(=O)(=O)/C=C/[C@H](CC(=O)O)NC(=O)[C@@H](Cc1cnc[nH]1)NC(=O)[C@H](CCCN=C(N)N)NC(=O)OCC1c2ccccc2-c2ccccc21. The molecule has 50 heavy (non-hydrogen) atoms. The maximum absolute atomic E-state index is 13.7. The van der Waals surface area contributed by atoms with Crippen LogP contribution in [-0.2, 0) is 35.4 Å². The number of imidazole rings is 1. The summed E-state index contributed by atoms with van der Waals surface area (Å²) in [6.45, 7) is 0.152. The van der Waals surface area contributed by atoms with Gasteiger partial charge in [-0.2, -0.15) is 0 Å². The van der Waals surface area contributed by atoms with E-state index in [4.69, 9.17) is 16.2 Å². The van der Waals surface area contributed by atoms with Gasteiger partial charge in [0.15, 0.2) is 15.8 Å². The van der Waals surface area contributed by atoms with Gasteiger partial charge in [0.05, 0.1) is 18.8 Å². The molecule has 0 fully saturated rings. The topological polar surface area (TPSA) is 261 Å². The molecule has 0 spiro atoms. The second-order valence-electron chi connectivity index (χ2n) is 11.7. The Bertz CT molecular complexity index is 1800. The number of hydrogen-bond acceptors (Lipinski definition) is 9. The Labute approximate surface area is 288 Å². The minimum atomic E-state index is -3.63. The molecule has 266 valence electrons. The highest BCUT2D eigenvalue weighted by molar-refractivity contribution is 7.93. The van der Waals surface area contributed by atoms with E-state index in [9.17, 15) is 32.7 Å². The van der Waals surface area contributed by atoms with Gasteiger partial charge in [-0.1, -0.05) is 54.6 Å². The summed E-state index contributed by atoms with van der Waals surface area (Å²) in [6.07, 6.45) is 3.51. The molecule has 16 nitrogen and oxygen atoms in total. The van der Waals surface area contributed by atoms with Crippen molar-refractivity contribution in [3.63, 3.8) is 0 Å². The second kappa shape index (κ2) is 17.1. The predicted octanol–water partition coefficient (Wildman–Crippen LogP) is 0.916. The van der Waals surface area contributed by atoms with Crippen LogP contribution >= 0.6 is 0 Å². The standard InChI is InChI=1S/C33H40N8O8S/c1-50(47,48)14-12-20(16-29(42)43)39-31(45)28(15-21-17-36-19-38-21)40-30(44)27(11-6-13-37-32(34)35)41-33(46)49-18-26-24-9-4-2-7-22(24)23-8-3-5-10-25(23)26/h2-5,7-10,12,14,17,19-20,26-28H,6,11,13,15-16,18H2,1H3,(H,36,38)(H,39,45)(H,40,44)(H,41,46)(H,42,43)(H4,34,35,37)/b14-12+/t20-,27+,28-/m1/s1. The smallest absolute Gasteiger partial charge is 0.407 e. The van der Waals surface area contributed by atoms with Crippen LogP contribution in [0.25, 0.3) is 11.1 Å². The number of nitrogens with zero attached hydrogens (tertiary/aromatic N) is 2. The summed E-state index contributed by atoms with van der Waals surface area (Å²) >= 11 is 0. The van der Waals surface area contributed by atoms with Crippen LogP contribution in [-0.4, -0.2) is 90.9 Å². The number of ether oxygens (including phenoxy) is 1. The van der Waals surface area contributed by atoms with Gasteiger partial charge in [-0.15, -0.1) is 0 Å². The average Bonchev–Trinajstić information content (AvgIpc) is 3.69. The van der Waals surface area contributed by atoms with E-state index >= 15 is 0 Å². The minimum absolute atomic E-state index is 0.000974. The molecular formula is C33H40N8O8S. The van der Waals surface area contributed by atoms with Crippen LogP contribution < -0.4 is 27.4 Å². The third-order valence-electron chi connectivity index (χ3n) is 7.79. The summed E-state index contributed by atoms with van der Waals surface area (Å²) in [4.78, 5) is 62.5. The van der Waals surface area contributed by atoms with E-state index in [1.165, 1.54) is 12.5 Å². The number of sulfone groups is 1. The molecule has 0 saturated heterocycles. The molecule has 0 bridgehead atoms. The summed E-state index contributed by atoms with van der Waals surface area (Å²) in [5.41, 5.74) is 15.4. The first-order chi connectivity index (χ1) is 23.8. The summed E-state index contributed by atoms with van der Waals surface area (Å²) in [5.74, 6) is -3.22. The summed E-state index contributed by atoms with van der Waals surface area (Å²) in [6, 6.07) is 12.0. The number of carbonyl (C=O) groups excluding carboxylic acids is 3. The van der Waals surface area contributed by atoms with Crippen LogP contribution in [0.5, 0.6) is 0 Å².